The van der Waals surface area contributed by atoms with Crippen molar-refractivity contribution < 1.29 is 0 Å². The monoisotopic (exact) mass is 271 g/mol. The molecule has 0 radical (unpaired) electrons. The van der Waals surface area contributed by atoms with E-state index in [0.717, 1.165) is 21.2 Å². The topological polar surface area (TPSA) is 23.8 Å². The molecule has 0 saturated heterocycles. The first-order valence-electron chi connectivity index (χ1n) is 4.98. The van der Waals surface area contributed by atoms with Gasteiger partial charge in [0.05, 0.1) is 11.6 Å². The van der Waals surface area contributed by atoms with Crippen LogP contribution in [0.3, 0.4) is 0 Å². The standard InChI is InChI=1S/C14H10BrN/c1-10-8-12(15)6-7-13(10)14-5-3-2-4-11(14)9-16/h2-8H,1H3. The average molecular weight is 272 g/mol. The van der Waals surface area contributed by atoms with Crippen molar-refractivity contribution in [1.29, 1.82) is 5.26 Å². The highest BCUT2D eigenvalue weighted by Crippen LogP contribution is 2.28. The van der Waals surface area contributed by atoms with Crippen LogP contribution in [0.1, 0.15) is 11.1 Å². The van der Waals surface area contributed by atoms with Crippen molar-refractivity contribution in [1.82, 2.24) is 0 Å². The number of nitrogens with zero attached hydrogens (tertiary/aromatic N) is 1. The predicted molar refractivity (Wildman–Crippen MR) is 69.0 cm³/mol. The molecule has 0 aromatic heterocycles. The lowest BCUT2D eigenvalue weighted by molar-refractivity contribution is 1.42. The molecule has 0 heterocycles. The maximum absolute atomic E-state index is 9.07. The Morgan fingerprint density at radius 2 is 1.81 bits per heavy atom. The summed E-state index contributed by atoms with van der Waals surface area (Å²) in [5, 5.41) is 9.07. The van der Waals surface area contributed by atoms with Crippen LogP contribution in [0.4, 0.5) is 0 Å². The summed E-state index contributed by atoms with van der Waals surface area (Å²) in [6, 6.07) is 16.0. The minimum absolute atomic E-state index is 0.716. The van der Waals surface area contributed by atoms with Gasteiger partial charge >= 0.3 is 0 Å². The molecular weight excluding hydrogens is 262 g/mol. The third-order valence-corrected chi connectivity index (χ3v) is 3.02. The molecule has 0 aliphatic rings. The fourth-order valence-electron chi connectivity index (χ4n) is 1.74. The first-order valence-corrected chi connectivity index (χ1v) is 5.77. The number of benzene rings is 2. The molecule has 0 N–H and O–H groups in total. The lowest BCUT2D eigenvalue weighted by Crippen LogP contribution is -1.87. The zero-order chi connectivity index (χ0) is 11.5. The highest BCUT2D eigenvalue weighted by atomic mass is 79.9. The van der Waals surface area contributed by atoms with Gasteiger partial charge in [-0.1, -0.05) is 40.2 Å². The van der Waals surface area contributed by atoms with Crippen LogP contribution in [0.15, 0.2) is 46.9 Å². The number of halogens is 1. The van der Waals surface area contributed by atoms with Crippen LogP contribution >= 0.6 is 15.9 Å². The van der Waals surface area contributed by atoms with Crippen LogP contribution in [0.5, 0.6) is 0 Å². The summed E-state index contributed by atoms with van der Waals surface area (Å²) in [5.74, 6) is 0. The molecule has 0 unspecified atom stereocenters. The fourth-order valence-corrected chi connectivity index (χ4v) is 2.22. The van der Waals surface area contributed by atoms with Gasteiger partial charge in [0.25, 0.3) is 0 Å². The third kappa shape index (κ3) is 2.00. The summed E-state index contributed by atoms with van der Waals surface area (Å²) in [4.78, 5) is 0. The molecule has 16 heavy (non-hydrogen) atoms. The maximum Gasteiger partial charge on any atom is 0.0998 e. The second-order valence-electron chi connectivity index (χ2n) is 3.62. The Labute approximate surface area is 103 Å². The summed E-state index contributed by atoms with van der Waals surface area (Å²) in [6.45, 7) is 2.05. The van der Waals surface area contributed by atoms with E-state index in [-0.39, 0.29) is 0 Å². The fraction of sp³-hybridized carbons (Fsp3) is 0.0714. The summed E-state index contributed by atoms with van der Waals surface area (Å²) in [5.41, 5.74) is 3.99. The van der Waals surface area contributed by atoms with Crippen molar-refractivity contribution in [2.75, 3.05) is 0 Å². The van der Waals surface area contributed by atoms with Gasteiger partial charge in [0.15, 0.2) is 0 Å². The molecule has 0 aliphatic carbocycles. The van der Waals surface area contributed by atoms with Crippen LogP contribution in [-0.2, 0) is 0 Å². The lowest BCUT2D eigenvalue weighted by Gasteiger charge is -2.08. The third-order valence-electron chi connectivity index (χ3n) is 2.53. The minimum Gasteiger partial charge on any atom is -0.192 e. The van der Waals surface area contributed by atoms with Gasteiger partial charge in [-0.15, -0.1) is 0 Å². The Kier molecular flexibility index (Phi) is 3.07. The molecule has 2 rings (SSSR count). The SMILES string of the molecule is Cc1cc(Br)ccc1-c1ccccc1C#N. The molecule has 0 atom stereocenters. The summed E-state index contributed by atoms with van der Waals surface area (Å²) >= 11 is 3.44. The lowest BCUT2D eigenvalue weighted by atomic mass is 9.97. The van der Waals surface area contributed by atoms with Crippen LogP contribution in [0.2, 0.25) is 0 Å². The van der Waals surface area contributed by atoms with Crippen molar-refractivity contribution in [2.45, 2.75) is 6.92 Å². The quantitative estimate of drug-likeness (QED) is 0.759. The van der Waals surface area contributed by atoms with E-state index in [9.17, 15) is 0 Å². The molecule has 0 saturated carbocycles. The Bertz CT molecular complexity index is 567. The van der Waals surface area contributed by atoms with E-state index in [1.165, 1.54) is 0 Å². The van der Waals surface area contributed by atoms with Crippen molar-refractivity contribution in [2.24, 2.45) is 0 Å². The summed E-state index contributed by atoms with van der Waals surface area (Å²) in [6.07, 6.45) is 0. The minimum atomic E-state index is 0.716. The van der Waals surface area contributed by atoms with Gasteiger partial charge in [-0.3, -0.25) is 0 Å². The van der Waals surface area contributed by atoms with E-state index in [1.807, 2.05) is 43.3 Å². The molecule has 0 bridgehead atoms. The van der Waals surface area contributed by atoms with Gasteiger partial charge in [0.1, 0.15) is 0 Å². The highest BCUT2D eigenvalue weighted by molar-refractivity contribution is 9.10. The van der Waals surface area contributed by atoms with Crippen LogP contribution in [0, 0.1) is 18.3 Å². The second kappa shape index (κ2) is 4.51. The summed E-state index contributed by atoms with van der Waals surface area (Å²) < 4.78 is 1.06. The molecule has 78 valence electrons. The zero-order valence-corrected chi connectivity index (χ0v) is 10.5. The number of aryl methyl sites for hydroxylation is 1. The van der Waals surface area contributed by atoms with E-state index < -0.39 is 0 Å². The van der Waals surface area contributed by atoms with Crippen molar-refractivity contribution in [3.05, 3.63) is 58.1 Å². The predicted octanol–water partition coefficient (Wildman–Crippen LogP) is 4.30. The molecule has 0 spiro atoms. The molecule has 2 heteroatoms. The molecule has 0 fully saturated rings. The van der Waals surface area contributed by atoms with Crippen molar-refractivity contribution in [3.63, 3.8) is 0 Å². The van der Waals surface area contributed by atoms with Crippen molar-refractivity contribution >= 4 is 15.9 Å². The van der Waals surface area contributed by atoms with Gasteiger partial charge in [-0.25, -0.2) is 0 Å². The number of rotatable bonds is 1. The summed E-state index contributed by atoms with van der Waals surface area (Å²) in [7, 11) is 0. The van der Waals surface area contributed by atoms with E-state index in [1.54, 1.807) is 0 Å². The van der Waals surface area contributed by atoms with Gasteiger partial charge in [0, 0.05) is 4.47 Å². The van der Waals surface area contributed by atoms with Crippen LogP contribution in [-0.4, -0.2) is 0 Å². The first kappa shape index (κ1) is 10.9. The van der Waals surface area contributed by atoms with Gasteiger partial charge in [-0.2, -0.15) is 5.26 Å². The highest BCUT2D eigenvalue weighted by Gasteiger charge is 2.06. The van der Waals surface area contributed by atoms with E-state index in [2.05, 4.69) is 28.1 Å². The normalized spacial score (nSPS) is 9.81. The van der Waals surface area contributed by atoms with E-state index in [4.69, 9.17) is 5.26 Å². The molecule has 2 aromatic rings. The molecule has 2 aromatic carbocycles. The number of hydrogen-bond donors (Lipinski definition) is 0. The number of hydrogen-bond acceptors (Lipinski definition) is 1. The Balaban J connectivity index is 2.64. The Morgan fingerprint density at radius 1 is 1.06 bits per heavy atom. The molecule has 1 nitrogen and oxygen atoms in total. The maximum atomic E-state index is 9.07. The van der Waals surface area contributed by atoms with Crippen molar-refractivity contribution in [3.8, 4) is 17.2 Å². The smallest absolute Gasteiger partial charge is 0.0998 e. The zero-order valence-electron chi connectivity index (χ0n) is 8.87. The molecular formula is C14H10BrN. The average Bonchev–Trinajstić information content (AvgIpc) is 2.29. The van der Waals surface area contributed by atoms with E-state index in [0.29, 0.717) is 5.56 Å². The van der Waals surface area contributed by atoms with Gasteiger partial charge in [-0.05, 0) is 41.8 Å². The Morgan fingerprint density at radius 3 is 2.50 bits per heavy atom. The Hall–Kier alpha value is -1.59. The van der Waals surface area contributed by atoms with E-state index >= 15 is 0 Å². The first-order chi connectivity index (χ1) is 7.72. The molecule has 0 aliphatic heterocycles. The number of nitriles is 1. The molecule has 0 amide bonds. The second-order valence-corrected chi connectivity index (χ2v) is 4.53. The van der Waals surface area contributed by atoms with Gasteiger partial charge < -0.3 is 0 Å². The van der Waals surface area contributed by atoms with Gasteiger partial charge in [0.2, 0.25) is 0 Å². The van der Waals surface area contributed by atoms with Crippen LogP contribution in [0.25, 0.3) is 11.1 Å². The largest absolute Gasteiger partial charge is 0.192 e. The van der Waals surface area contributed by atoms with Crippen LogP contribution < -0.4 is 0 Å².